The summed E-state index contributed by atoms with van der Waals surface area (Å²) in [4.78, 5) is 222. The zero-order valence-electron chi connectivity index (χ0n) is 65.7. The number of carbonyl (C=O) groups is 16. The first-order valence-electron chi connectivity index (χ1n) is 38.1. The van der Waals surface area contributed by atoms with Gasteiger partial charge in [-0.25, -0.2) is 0 Å². The number of benzene rings is 3. The van der Waals surface area contributed by atoms with E-state index in [1.807, 2.05) is 0 Å². The maximum Gasteiger partial charge on any atom is 0.243 e. The van der Waals surface area contributed by atoms with Crippen molar-refractivity contribution in [2.75, 3.05) is 32.7 Å². The smallest absolute Gasteiger partial charge is 0.243 e. The van der Waals surface area contributed by atoms with E-state index in [9.17, 15) is 76.7 Å². The molecule has 0 aromatic heterocycles. The van der Waals surface area contributed by atoms with Gasteiger partial charge in [0.2, 0.25) is 94.5 Å². The van der Waals surface area contributed by atoms with Crippen LogP contribution in [0, 0.1) is 11.8 Å². The summed E-state index contributed by atoms with van der Waals surface area (Å²) in [6.45, 7) is 8.60. The van der Waals surface area contributed by atoms with Crippen LogP contribution in [0.25, 0.3) is 0 Å². The number of nitrogens with two attached hydrogens (primary N) is 8. The second kappa shape index (κ2) is 51.8. The highest BCUT2D eigenvalue weighted by Gasteiger charge is 2.37. The number of hydrogen-bond acceptors (Lipinski definition) is 20. The minimum Gasteiger partial charge on any atom is -0.370 e. The van der Waals surface area contributed by atoms with Crippen molar-refractivity contribution >= 4 is 100 Å². The van der Waals surface area contributed by atoms with Crippen LogP contribution >= 0.6 is 0 Å². The lowest BCUT2D eigenvalue weighted by Crippen LogP contribution is -2.60. The highest BCUT2D eigenvalue weighted by molar-refractivity contribution is 6.00. The molecule has 0 bridgehead atoms. The summed E-state index contributed by atoms with van der Waals surface area (Å²) in [6, 6.07) is 9.25. The first-order chi connectivity index (χ1) is 54.0. The molecule has 0 saturated heterocycles. The molecule has 3 aromatic rings. The monoisotopic (exact) mass is 1590 g/mol. The van der Waals surface area contributed by atoms with E-state index in [-0.39, 0.29) is 95.7 Å². The van der Waals surface area contributed by atoms with Gasteiger partial charge < -0.3 is 115 Å². The van der Waals surface area contributed by atoms with Crippen LogP contribution in [-0.4, -0.2) is 206 Å². The number of nitrogens with one attached hydrogen (secondary N) is 13. The molecule has 3 rings (SSSR count). The number of unbranched alkanes of at least 4 members (excludes halogenated alkanes) is 2. The van der Waals surface area contributed by atoms with Gasteiger partial charge in [-0.05, 0) is 126 Å². The molecule has 0 radical (unpaired) electrons. The SMILES string of the molecule is CC[C@H](C)[C@H](NC(=O)[C@H](CCCCN)NC(=O)[C@H](CCC(N)=O)NC(=O)CNC(=O)[C@H](C)NC(=O)[C@H](CCCCN)NC(=O)[C@H](CC(C)C)NC(=O)[C@H](CCCN=C(N)N)NC(=O)[C@H](Cc1ccccc1)NC(=O)[C@H](CC(N)=O)NC(=O)[C@@H](N)Cc1ccccc1)C(=O)N[C@@H](C)C(=O)N[C@@H](Cc1ccccc1)C(=O)NCC(N)=O. The molecular formula is C76H118N22O16. The number of hydrogen-bond donors (Lipinski definition) is 21. The number of aliphatic imine (C=N–C) groups is 1. The second-order valence-electron chi connectivity index (χ2n) is 28.3. The third-order valence-corrected chi connectivity index (χ3v) is 18.1. The van der Waals surface area contributed by atoms with Gasteiger partial charge in [0.25, 0.3) is 0 Å². The largest absolute Gasteiger partial charge is 0.370 e. The minimum absolute atomic E-state index is 0.00527. The van der Waals surface area contributed by atoms with Crippen molar-refractivity contribution in [2.24, 2.45) is 62.7 Å². The van der Waals surface area contributed by atoms with Crippen molar-refractivity contribution in [1.29, 1.82) is 0 Å². The molecule has 0 spiro atoms. The predicted molar refractivity (Wildman–Crippen MR) is 423 cm³/mol. The Hall–Kier alpha value is -11.7. The van der Waals surface area contributed by atoms with Crippen LogP contribution in [0.1, 0.15) is 142 Å². The summed E-state index contributed by atoms with van der Waals surface area (Å²) >= 11 is 0. The van der Waals surface area contributed by atoms with E-state index >= 15 is 0 Å². The van der Waals surface area contributed by atoms with Crippen LogP contribution in [0.15, 0.2) is 96.0 Å². The Bertz CT molecular complexity index is 3710. The van der Waals surface area contributed by atoms with Crippen molar-refractivity contribution in [3.05, 3.63) is 108 Å². The summed E-state index contributed by atoms with van der Waals surface area (Å²) in [5, 5.41) is 33.3. The molecule has 38 heteroatoms. The van der Waals surface area contributed by atoms with E-state index in [0.717, 1.165) is 0 Å². The Balaban J connectivity index is 1.82. The Morgan fingerprint density at radius 1 is 0.368 bits per heavy atom. The van der Waals surface area contributed by atoms with Crippen molar-refractivity contribution in [3.63, 3.8) is 0 Å². The number of rotatable bonds is 54. The lowest BCUT2D eigenvalue weighted by molar-refractivity contribution is -0.136. The first kappa shape index (κ1) is 96.5. The van der Waals surface area contributed by atoms with Gasteiger partial charge in [-0.15, -0.1) is 0 Å². The average Bonchev–Trinajstić information content (AvgIpc) is 0.859. The van der Waals surface area contributed by atoms with Crippen molar-refractivity contribution < 1.29 is 76.7 Å². The third kappa shape index (κ3) is 37.6. The molecular weight excluding hydrogens is 1480 g/mol. The molecule has 16 amide bonds. The van der Waals surface area contributed by atoms with E-state index in [0.29, 0.717) is 36.0 Å². The fourth-order valence-electron chi connectivity index (χ4n) is 11.5. The zero-order valence-corrected chi connectivity index (χ0v) is 65.7. The van der Waals surface area contributed by atoms with Gasteiger partial charge in [0, 0.05) is 25.8 Å². The topological polar surface area (TPSA) is 650 Å². The normalized spacial score (nSPS) is 14.4. The van der Waals surface area contributed by atoms with Gasteiger partial charge in [0.05, 0.1) is 25.6 Å². The molecule has 29 N–H and O–H groups in total. The molecule has 3 aromatic carbocycles. The fraction of sp³-hybridized carbons (Fsp3) is 0.539. The van der Waals surface area contributed by atoms with Gasteiger partial charge >= 0.3 is 0 Å². The van der Waals surface area contributed by atoms with Crippen molar-refractivity contribution in [3.8, 4) is 0 Å². The van der Waals surface area contributed by atoms with Crippen LogP contribution in [0.4, 0.5) is 0 Å². The van der Waals surface area contributed by atoms with Gasteiger partial charge in [-0.3, -0.25) is 81.7 Å². The number of amides is 16. The number of nitrogens with zero attached hydrogens (tertiary/aromatic N) is 1. The molecule has 0 aliphatic carbocycles. The average molecular weight is 1600 g/mol. The fourth-order valence-corrected chi connectivity index (χ4v) is 11.5. The van der Waals surface area contributed by atoms with Gasteiger partial charge in [-0.2, -0.15) is 0 Å². The third-order valence-electron chi connectivity index (χ3n) is 18.1. The van der Waals surface area contributed by atoms with Crippen molar-refractivity contribution in [1.82, 2.24) is 69.1 Å². The molecule has 0 heterocycles. The van der Waals surface area contributed by atoms with E-state index in [2.05, 4.69) is 74.1 Å². The standard InChI is InChI=1S/C76H118N22O16/c1-7-44(4)63(75(114)89-46(6)65(104)94-56(67(106)86-41-61(82)101)38-48-24-13-9-14-25-48)98-71(110)52(29-18-20-34-78)91-70(109)54(31-32-59(80)99)90-62(102)42-87-64(103)45(5)88-68(107)51(28-17-19-33-77)92-72(111)55(36-43(2)3)96-69(108)53(30-21-35-85-76(83)84)93-73(112)57(39-49-26-15-10-16-27-49)97-74(113)58(40-60(81)100)95-66(105)50(79)37-47-22-11-8-12-23-47/h8-16,22-27,43-46,50-58,63H,7,17-21,28-42,77-79H2,1-6H3,(H2,80,99)(H2,81,100)(H2,82,101)(H,86,106)(H,87,103)(H,88,107)(H,89,114)(H,90,102)(H,91,109)(H,92,111)(H,93,112)(H,94,104)(H,95,105)(H,96,108)(H,97,113)(H,98,110)(H4,83,84,85)/t44-,45-,46-,50-,51-,52-,53-,54-,55-,56-,57-,58-,63-/m0/s1. The quantitative estimate of drug-likeness (QED) is 0.0143. The Morgan fingerprint density at radius 3 is 1.24 bits per heavy atom. The van der Waals surface area contributed by atoms with Crippen LogP contribution in [0.3, 0.4) is 0 Å². The second-order valence-corrected chi connectivity index (χ2v) is 28.3. The van der Waals surface area contributed by atoms with E-state index < -0.39 is 205 Å². The first-order valence-corrected chi connectivity index (χ1v) is 38.1. The highest BCUT2D eigenvalue weighted by Crippen LogP contribution is 2.15. The van der Waals surface area contributed by atoms with Crippen LogP contribution < -0.4 is 115 Å². The van der Waals surface area contributed by atoms with Crippen LogP contribution in [-0.2, 0) is 96.0 Å². The summed E-state index contributed by atoms with van der Waals surface area (Å²) in [5.41, 5.74) is 47.1. The van der Waals surface area contributed by atoms with Crippen LogP contribution in [0.2, 0.25) is 0 Å². The Kier molecular flexibility index (Phi) is 43.9. The maximum absolute atomic E-state index is 14.6. The Morgan fingerprint density at radius 2 is 0.763 bits per heavy atom. The maximum atomic E-state index is 14.6. The zero-order chi connectivity index (χ0) is 85.0. The molecule has 0 aliphatic heterocycles. The summed E-state index contributed by atoms with van der Waals surface area (Å²) in [6.07, 6.45) is -0.109. The number of primary amides is 3. The molecule has 0 aliphatic rings. The minimum atomic E-state index is -1.60. The van der Waals surface area contributed by atoms with Crippen molar-refractivity contribution in [2.45, 2.75) is 217 Å². The lowest BCUT2D eigenvalue weighted by Gasteiger charge is -2.29. The molecule has 0 unspecified atom stereocenters. The van der Waals surface area contributed by atoms with E-state index in [1.54, 1.807) is 119 Å². The van der Waals surface area contributed by atoms with Gasteiger partial charge in [-0.1, -0.05) is 125 Å². The summed E-state index contributed by atoms with van der Waals surface area (Å²) in [5.74, 6) is -15.1. The van der Waals surface area contributed by atoms with E-state index in [4.69, 9.17) is 45.9 Å². The molecule has 114 heavy (non-hydrogen) atoms. The lowest BCUT2D eigenvalue weighted by atomic mass is 9.97. The predicted octanol–water partition coefficient (Wildman–Crippen LogP) is -5.32. The summed E-state index contributed by atoms with van der Waals surface area (Å²) in [7, 11) is 0. The molecule has 38 nitrogen and oxygen atoms in total. The van der Waals surface area contributed by atoms with Gasteiger partial charge in [0.1, 0.15) is 66.5 Å². The molecule has 0 fully saturated rings. The summed E-state index contributed by atoms with van der Waals surface area (Å²) < 4.78 is 0. The van der Waals surface area contributed by atoms with Gasteiger partial charge in [0.15, 0.2) is 5.96 Å². The van der Waals surface area contributed by atoms with Crippen LogP contribution in [0.5, 0.6) is 0 Å². The molecule has 0 saturated carbocycles. The molecule has 628 valence electrons. The number of guanidine groups is 1. The molecule has 13 atom stereocenters. The highest BCUT2D eigenvalue weighted by atomic mass is 16.2. The Labute approximate surface area is 663 Å². The van der Waals surface area contributed by atoms with E-state index in [1.165, 1.54) is 13.8 Å². The number of carbonyl (C=O) groups excluding carboxylic acids is 16.